The summed E-state index contributed by atoms with van der Waals surface area (Å²) in [6.45, 7) is 0. The first-order valence-corrected chi connectivity index (χ1v) is 8.71. The van der Waals surface area contributed by atoms with Crippen LogP contribution in [-0.2, 0) is 17.1 Å². The third kappa shape index (κ3) is 2.95. The molecule has 0 amide bonds. The molecule has 5 nitrogen and oxygen atoms in total. The van der Waals surface area contributed by atoms with Gasteiger partial charge in [0.05, 0.1) is 6.20 Å². The summed E-state index contributed by atoms with van der Waals surface area (Å²) in [6, 6.07) is 1.55. The van der Waals surface area contributed by atoms with E-state index in [4.69, 9.17) is 0 Å². The molecule has 0 aromatic carbocycles. The van der Waals surface area contributed by atoms with Crippen molar-refractivity contribution in [3.05, 3.63) is 12.3 Å². The summed E-state index contributed by atoms with van der Waals surface area (Å²) in [4.78, 5) is 0. The summed E-state index contributed by atoms with van der Waals surface area (Å²) >= 11 is 3.47. The minimum Gasteiger partial charge on any atom is -0.256 e. The van der Waals surface area contributed by atoms with Gasteiger partial charge in [-0.3, -0.25) is 4.68 Å². The van der Waals surface area contributed by atoms with Crippen LogP contribution >= 0.6 is 15.9 Å². The van der Waals surface area contributed by atoms with Crippen molar-refractivity contribution in [1.82, 2.24) is 14.5 Å². The maximum atomic E-state index is 12.3. The van der Waals surface area contributed by atoms with Crippen molar-refractivity contribution in [1.29, 1.82) is 0 Å². The van der Waals surface area contributed by atoms with E-state index < -0.39 is 10.0 Å². The van der Waals surface area contributed by atoms with Crippen molar-refractivity contribution in [2.75, 3.05) is 5.33 Å². The van der Waals surface area contributed by atoms with Crippen LogP contribution in [0.5, 0.6) is 0 Å². The van der Waals surface area contributed by atoms with Crippen molar-refractivity contribution in [3.8, 4) is 0 Å². The number of nitrogens with zero attached hydrogens (tertiary/aromatic N) is 2. The Morgan fingerprint density at radius 1 is 1.50 bits per heavy atom. The number of hydrogen-bond donors (Lipinski definition) is 1. The molecule has 1 aromatic rings. The van der Waals surface area contributed by atoms with Gasteiger partial charge in [-0.15, -0.1) is 0 Å². The molecule has 1 N–H and O–H groups in total. The number of nitrogens with one attached hydrogen (secondary N) is 1. The number of alkyl halides is 1. The predicted octanol–water partition coefficient (Wildman–Crippen LogP) is 1.65. The highest BCUT2D eigenvalue weighted by molar-refractivity contribution is 9.09. The maximum absolute atomic E-state index is 12.3. The van der Waals surface area contributed by atoms with E-state index in [9.17, 15) is 8.42 Å². The Hall–Kier alpha value is -0.400. The lowest BCUT2D eigenvalue weighted by molar-refractivity contribution is 0.316. The Morgan fingerprint density at radius 3 is 2.83 bits per heavy atom. The Labute approximate surface area is 116 Å². The van der Waals surface area contributed by atoms with Crippen molar-refractivity contribution in [2.24, 2.45) is 13.0 Å². The van der Waals surface area contributed by atoms with Crippen molar-refractivity contribution >= 4 is 26.0 Å². The second-order valence-electron chi connectivity index (χ2n) is 4.72. The highest BCUT2D eigenvalue weighted by Gasteiger charge is 2.29. The Balaban J connectivity index is 2.15. The molecule has 18 heavy (non-hydrogen) atoms. The normalized spacial score (nSPS) is 25.2. The van der Waals surface area contributed by atoms with Gasteiger partial charge in [0.15, 0.2) is 5.03 Å². The summed E-state index contributed by atoms with van der Waals surface area (Å²) < 4.78 is 28.7. The highest BCUT2D eigenvalue weighted by Crippen LogP contribution is 2.27. The topological polar surface area (TPSA) is 64.0 Å². The number of rotatable bonds is 4. The summed E-state index contributed by atoms with van der Waals surface area (Å²) in [5.74, 6) is 0.377. The van der Waals surface area contributed by atoms with E-state index in [2.05, 4.69) is 25.8 Å². The molecule has 1 aromatic heterocycles. The predicted molar refractivity (Wildman–Crippen MR) is 73.1 cm³/mol. The van der Waals surface area contributed by atoms with Crippen molar-refractivity contribution < 1.29 is 8.42 Å². The zero-order valence-electron chi connectivity index (χ0n) is 10.3. The zero-order valence-corrected chi connectivity index (χ0v) is 12.7. The molecule has 0 bridgehead atoms. The first-order valence-electron chi connectivity index (χ1n) is 6.11. The molecule has 0 aliphatic heterocycles. The molecule has 1 saturated carbocycles. The van der Waals surface area contributed by atoms with Gasteiger partial charge in [-0.1, -0.05) is 28.8 Å². The van der Waals surface area contributed by atoms with Gasteiger partial charge in [-0.05, 0) is 24.8 Å². The summed E-state index contributed by atoms with van der Waals surface area (Å²) in [7, 11) is -1.82. The lowest BCUT2D eigenvalue weighted by Gasteiger charge is -2.30. The molecule has 0 radical (unpaired) electrons. The third-order valence-electron chi connectivity index (χ3n) is 3.47. The maximum Gasteiger partial charge on any atom is 0.257 e. The van der Waals surface area contributed by atoms with E-state index in [1.165, 1.54) is 23.4 Å². The average molecular weight is 336 g/mol. The van der Waals surface area contributed by atoms with Gasteiger partial charge in [-0.2, -0.15) is 5.10 Å². The fourth-order valence-corrected chi connectivity index (χ4v) is 4.67. The molecule has 0 saturated heterocycles. The Kier molecular flexibility index (Phi) is 4.45. The summed E-state index contributed by atoms with van der Waals surface area (Å²) in [6.07, 6.45) is 5.75. The van der Waals surface area contributed by atoms with Crippen LogP contribution in [0.1, 0.15) is 25.7 Å². The van der Waals surface area contributed by atoms with E-state index in [0.717, 1.165) is 24.6 Å². The van der Waals surface area contributed by atoms with Gasteiger partial charge >= 0.3 is 0 Å². The van der Waals surface area contributed by atoms with Crippen LogP contribution in [0.2, 0.25) is 0 Å². The standard InChI is InChI=1S/C11H18BrN3O2S/c1-15-11(6-7-13-15)18(16,17)14-10-5-3-2-4-9(10)8-12/h6-7,9-10,14H,2-5,8H2,1H3. The number of sulfonamides is 1. The van der Waals surface area contributed by atoms with E-state index >= 15 is 0 Å². The first kappa shape index (κ1) is 14.0. The fourth-order valence-electron chi connectivity index (χ4n) is 2.43. The molecule has 7 heteroatoms. The van der Waals surface area contributed by atoms with Crippen LogP contribution in [0, 0.1) is 5.92 Å². The summed E-state index contributed by atoms with van der Waals surface area (Å²) in [5, 5.41) is 4.97. The van der Waals surface area contributed by atoms with Gasteiger partial charge in [0, 0.05) is 18.4 Å². The van der Waals surface area contributed by atoms with Crippen LogP contribution in [-0.4, -0.2) is 29.6 Å². The molecule has 1 aliphatic carbocycles. The minimum atomic E-state index is -3.46. The number of halogens is 1. The smallest absolute Gasteiger partial charge is 0.256 e. The molecule has 2 unspecified atom stereocenters. The lowest BCUT2D eigenvalue weighted by Crippen LogP contribution is -2.43. The lowest BCUT2D eigenvalue weighted by atomic mass is 9.87. The van der Waals surface area contributed by atoms with Crippen LogP contribution < -0.4 is 4.72 Å². The minimum absolute atomic E-state index is 0.0259. The van der Waals surface area contributed by atoms with Gasteiger partial charge in [0.2, 0.25) is 0 Å². The molecule has 2 rings (SSSR count). The molecule has 1 heterocycles. The molecule has 0 spiro atoms. The van der Waals surface area contributed by atoms with Gasteiger partial charge in [-0.25, -0.2) is 13.1 Å². The van der Waals surface area contributed by atoms with E-state index in [0.29, 0.717) is 5.92 Å². The second-order valence-corrected chi connectivity index (χ2v) is 7.03. The Morgan fingerprint density at radius 2 is 2.22 bits per heavy atom. The van der Waals surface area contributed by atoms with Gasteiger partial charge in [0.25, 0.3) is 10.0 Å². The highest BCUT2D eigenvalue weighted by atomic mass is 79.9. The van der Waals surface area contributed by atoms with Crippen LogP contribution in [0.4, 0.5) is 0 Å². The van der Waals surface area contributed by atoms with Crippen LogP contribution in [0.25, 0.3) is 0 Å². The van der Waals surface area contributed by atoms with Gasteiger partial charge in [0.1, 0.15) is 0 Å². The fraction of sp³-hybridized carbons (Fsp3) is 0.727. The number of aryl methyl sites for hydroxylation is 1. The quantitative estimate of drug-likeness (QED) is 0.851. The van der Waals surface area contributed by atoms with E-state index in [1.54, 1.807) is 7.05 Å². The van der Waals surface area contributed by atoms with Gasteiger partial charge < -0.3 is 0 Å². The molecular weight excluding hydrogens is 318 g/mol. The molecule has 1 aliphatic rings. The molecular formula is C11H18BrN3O2S. The molecule has 1 fully saturated rings. The third-order valence-corrected chi connectivity index (χ3v) is 5.86. The number of hydrogen-bond acceptors (Lipinski definition) is 3. The Bertz CT molecular complexity index is 500. The van der Waals surface area contributed by atoms with Crippen molar-refractivity contribution in [2.45, 2.75) is 36.8 Å². The monoisotopic (exact) mass is 335 g/mol. The van der Waals surface area contributed by atoms with E-state index in [1.807, 2.05) is 0 Å². The van der Waals surface area contributed by atoms with Crippen LogP contribution in [0.15, 0.2) is 17.3 Å². The number of aromatic nitrogens is 2. The largest absolute Gasteiger partial charge is 0.257 e. The van der Waals surface area contributed by atoms with Crippen LogP contribution in [0.3, 0.4) is 0 Å². The SMILES string of the molecule is Cn1nccc1S(=O)(=O)NC1CCCCC1CBr. The molecule has 2 atom stereocenters. The molecule has 102 valence electrons. The second kappa shape index (κ2) is 5.71. The van der Waals surface area contributed by atoms with E-state index in [-0.39, 0.29) is 11.1 Å². The average Bonchev–Trinajstić information content (AvgIpc) is 2.76. The first-order chi connectivity index (χ1) is 8.54. The summed E-state index contributed by atoms with van der Waals surface area (Å²) in [5.41, 5.74) is 0. The zero-order chi connectivity index (χ0) is 13.2. The van der Waals surface area contributed by atoms with Crippen molar-refractivity contribution in [3.63, 3.8) is 0 Å².